The second-order valence-corrected chi connectivity index (χ2v) is 8.11. The Labute approximate surface area is 166 Å². The van der Waals surface area contributed by atoms with E-state index in [0.29, 0.717) is 16.0 Å². The molecule has 0 fully saturated rings. The van der Waals surface area contributed by atoms with Crippen molar-refractivity contribution in [3.63, 3.8) is 0 Å². The van der Waals surface area contributed by atoms with Crippen molar-refractivity contribution in [1.82, 2.24) is 19.7 Å². The molecule has 0 bridgehead atoms. The number of esters is 1. The summed E-state index contributed by atoms with van der Waals surface area (Å²) < 4.78 is 7.26. The van der Waals surface area contributed by atoms with E-state index in [9.17, 15) is 4.79 Å². The molecule has 0 amide bonds. The smallest absolute Gasteiger partial charge is 0.316 e. The van der Waals surface area contributed by atoms with Crippen molar-refractivity contribution >= 4 is 29.3 Å². The number of pyridine rings is 1. The SMILES string of the molecule is CC(C)(C)OC(=O)CSc1nnc(-c2ccncc2)n1-c1ccc(Cl)cc1. The summed E-state index contributed by atoms with van der Waals surface area (Å²) in [6.45, 7) is 5.52. The Morgan fingerprint density at radius 2 is 1.78 bits per heavy atom. The lowest BCUT2D eigenvalue weighted by molar-refractivity contribution is -0.151. The quantitative estimate of drug-likeness (QED) is 0.465. The zero-order valence-electron chi connectivity index (χ0n) is 15.2. The number of hydrogen-bond donors (Lipinski definition) is 0. The van der Waals surface area contributed by atoms with Gasteiger partial charge in [0.25, 0.3) is 0 Å². The molecule has 0 aliphatic heterocycles. The van der Waals surface area contributed by atoms with E-state index < -0.39 is 5.60 Å². The molecule has 0 saturated heterocycles. The number of nitrogens with zero attached hydrogens (tertiary/aromatic N) is 4. The Morgan fingerprint density at radius 3 is 2.41 bits per heavy atom. The maximum Gasteiger partial charge on any atom is 0.316 e. The lowest BCUT2D eigenvalue weighted by Gasteiger charge is -2.19. The minimum atomic E-state index is -0.524. The summed E-state index contributed by atoms with van der Waals surface area (Å²) in [4.78, 5) is 16.1. The van der Waals surface area contributed by atoms with Crippen molar-refractivity contribution in [2.45, 2.75) is 31.5 Å². The summed E-state index contributed by atoms with van der Waals surface area (Å²) in [5, 5.41) is 9.82. The molecule has 0 spiro atoms. The van der Waals surface area contributed by atoms with E-state index in [0.717, 1.165) is 11.3 Å². The zero-order chi connectivity index (χ0) is 19.4. The van der Waals surface area contributed by atoms with Crippen LogP contribution in [-0.2, 0) is 9.53 Å². The lowest BCUT2D eigenvalue weighted by Crippen LogP contribution is -2.25. The first-order chi connectivity index (χ1) is 12.8. The minimum Gasteiger partial charge on any atom is -0.459 e. The van der Waals surface area contributed by atoms with Gasteiger partial charge in [0, 0.05) is 28.7 Å². The van der Waals surface area contributed by atoms with Gasteiger partial charge in [0.1, 0.15) is 5.60 Å². The van der Waals surface area contributed by atoms with Gasteiger partial charge in [-0.05, 0) is 57.2 Å². The average Bonchev–Trinajstić information content (AvgIpc) is 3.04. The van der Waals surface area contributed by atoms with Gasteiger partial charge in [-0.1, -0.05) is 23.4 Å². The highest BCUT2D eigenvalue weighted by Crippen LogP contribution is 2.28. The molecular weight excluding hydrogens is 384 g/mol. The fourth-order valence-corrected chi connectivity index (χ4v) is 3.22. The van der Waals surface area contributed by atoms with Crippen LogP contribution >= 0.6 is 23.4 Å². The first-order valence-corrected chi connectivity index (χ1v) is 9.66. The number of rotatable bonds is 5. The van der Waals surface area contributed by atoms with Gasteiger partial charge in [0.15, 0.2) is 11.0 Å². The van der Waals surface area contributed by atoms with Crippen LogP contribution in [0.2, 0.25) is 5.02 Å². The van der Waals surface area contributed by atoms with Crippen molar-refractivity contribution in [2.24, 2.45) is 0 Å². The molecule has 2 heterocycles. The van der Waals surface area contributed by atoms with Crippen LogP contribution < -0.4 is 0 Å². The largest absolute Gasteiger partial charge is 0.459 e. The first kappa shape index (κ1) is 19.4. The predicted molar refractivity (Wildman–Crippen MR) is 106 cm³/mol. The van der Waals surface area contributed by atoms with E-state index >= 15 is 0 Å². The number of halogens is 1. The van der Waals surface area contributed by atoms with Crippen molar-refractivity contribution < 1.29 is 9.53 Å². The van der Waals surface area contributed by atoms with Crippen LogP contribution in [0.5, 0.6) is 0 Å². The van der Waals surface area contributed by atoms with Crippen LogP contribution in [0.1, 0.15) is 20.8 Å². The number of ether oxygens (including phenoxy) is 1. The number of thioether (sulfide) groups is 1. The molecule has 3 rings (SSSR count). The summed E-state index contributed by atoms with van der Waals surface area (Å²) in [5.74, 6) is 0.495. The average molecular weight is 403 g/mol. The van der Waals surface area contributed by atoms with Crippen LogP contribution in [0.25, 0.3) is 17.1 Å². The Morgan fingerprint density at radius 1 is 1.11 bits per heavy atom. The van der Waals surface area contributed by atoms with E-state index in [4.69, 9.17) is 16.3 Å². The van der Waals surface area contributed by atoms with Gasteiger partial charge in [0.2, 0.25) is 0 Å². The molecule has 8 heteroatoms. The van der Waals surface area contributed by atoms with E-state index in [1.807, 2.05) is 49.6 Å². The summed E-state index contributed by atoms with van der Waals surface area (Å²) in [7, 11) is 0. The number of carbonyl (C=O) groups excluding carboxylic acids is 1. The molecule has 0 aliphatic carbocycles. The van der Waals surface area contributed by atoms with Crippen LogP contribution in [0, 0.1) is 0 Å². The molecular formula is C19H19ClN4O2S. The van der Waals surface area contributed by atoms with E-state index in [-0.39, 0.29) is 11.7 Å². The molecule has 2 aromatic heterocycles. The predicted octanol–water partition coefficient (Wildman–Crippen LogP) is 4.42. The summed E-state index contributed by atoms with van der Waals surface area (Å²) >= 11 is 7.30. The molecule has 0 N–H and O–H groups in total. The highest BCUT2D eigenvalue weighted by molar-refractivity contribution is 7.99. The number of hydrogen-bond acceptors (Lipinski definition) is 6. The zero-order valence-corrected chi connectivity index (χ0v) is 16.8. The molecule has 0 atom stereocenters. The third kappa shape index (κ3) is 5.08. The van der Waals surface area contributed by atoms with Crippen LogP contribution in [0.4, 0.5) is 0 Å². The topological polar surface area (TPSA) is 69.9 Å². The first-order valence-electron chi connectivity index (χ1n) is 8.30. The van der Waals surface area contributed by atoms with Gasteiger partial charge >= 0.3 is 5.97 Å². The van der Waals surface area contributed by atoms with E-state index in [1.165, 1.54) is 11.8 Å². The monoisotopic (exact) mass is 402 g/mol. The molecule has 0 unspecified atom stereocenters. The third-order valence-corrected chi connectivity index (χ3v) is 4.55. The standard InChI is InChI=1S/C19H19ClN4O2S/c1-19(2,3)26-16(25)12-27-18-23-22-17(13-8-10-21-11-9-13)24(18)15-6-4-14(20)5-7-15/h4-11H,12H2,1-3H3. The molecule has 6 nitrogen and oxygen atoms in total. The van der Waals surface area contributed by atoms with E-state index in [2.05, 4.69) is 15.2 Å². The molecule has 0 saturated carbocycles. The highest BCUT2D eigenvalue weighted by Gasteiger charge is 2.20. The highest BCUT2D eigenvalue weighted by atomic mass is 35.5. The Balaban J connectivity index is 1.93. The Hall–Kier alpha value is -2.38. The third-order valence-electron chi connectivity index (χ3n) is 3.40. The maximum absolute atomic E-state index is 12.1. The van der Waals surface area contributed by atoms with Crippen LogP contribution in [-0.4, -0.2) is 37.1 Å². The molecule has 27 heavy (non-hydrogen) atoms. The number of aromatic nitrogens is 4. The molecule has 1 aromatic carbocycles. The minimum absolute atomic E-state index is 0.138. The lowest BCUT2D eigenvalue weighted by atomic mass is 10.2. The van der Waals surface area contributed by atoms with Crippen molar-refractivity contribution in [2.75, 3.05) is 5.75 Å². The Kier molecular flexibility index (Phi) is 5.82. The van der Waals surface area contributed by atoms with Crippen molar-refractivity contribution in [3.8, 4) is 17.1 Å². The second-order valence-electron chi connectivity index (χ2n) is 6.73. The summed E-state index contributed by atoms with van der Waals surface area (Å²) in [6, 6.07) is 11.1. The van der Waals surface area contributed by atoms with Gasteiger partial charge in [-0.25, -0.2) is 0 Å². The number of carbonyl (C=O) groups is 1. The second kappa shape index (κ2) is 8.10. The summed E-state index contributed by atoms with van der Waals surface area (Å²) in [6.07, 6.45) is 3.40. The molecule has 0 radical (unpaired) electrons. The van der Waals surface area contributed by atoms with E-state index in [1.54, 1.807) is 24.5 Å². The van der Waals surface area contributed by atoms with Gasteiger partial charge in [-0.3, -0.25) is 14.3 Å². The van der Waals surface area contributed by atoms with Crippen molar-refractivity contribution in [1.29, 1.82) is 0 Å². The van der Waals surface area contributed by atoms with Gasteiger partial charge in [-0.15, -0.1) is 10.2 Å². The molecule has 0 aliphatic rings. The van der Waals surface area contributed by atoms with Gasteiger partial charge in [-0.2, -0.15) is 0 Å². The fraction of sp³-hybridized carbons (Fsp3) is 0.263. The maximum atomic E-state index is 12.1. The Bertz CT molecular complexity index is 921. The normalized spacial score (nSPS) is 11.4. The van der Waals surface area contributed by atoms with Gasteiger partial charge in [0.05, 0.1) is 5.75 Å². The number of benzene rings is 1. The fourth-order valence-electron chi connectivity index (χ4n) is 2.37. The molecule has 140 valence electrons. The van der Waals surface area contributed by atoms with Crippen molar-refractivity contribution in [3.05, 3.63) is 53.8 Å². The van der Waals surface area contributed by atoms with Gasteiger partial charge < -0.3 is 4.74 Å². The van der Waals surface area contributed by atoms with Crippen LogP contribution in [0.3, 0.4) is 0 Å². The van der Waals surface area contributed by atoms with Crippen LogP contribution in [0.15, 0.2) is 53.9 Å². The molecule has 3 aromatic rings. The summed E-state index contributed by atoms with van der Waals surface area (Å²) in [5.41, 5.74) is 1.20.